The van der Waals surface area contributed by atoms with E-state index in [0.29, 0.717) is 19.6 Å². The molecule has 5 nitrogen and oxygen atoms in total. The topological polar surface area (TPSA) is 53.5 Å². The number of pyridine rings is 1. The van der Waals surface area contributed by atoms with E-state index in [1.54, 1.807) is 22.2 Å². The fourth-order valence-electron chi connectivity index (χ4n) is 2.53. The lowest BCUT2D eigenvalue weighted by Gasteiger charge is -2.24. The van der Waals surface area contributed by atoms with E-state index in [1.807, 2.05) is 49.4 Å². The van der Waals surface area contributed by atoms with Crippen LogP contribution in [0.3, 0.4) is 0 Å². The third-order valence-electron chi connectivity index (χ3n) is 3.83. The van der Waals surface area contributed by atoms with Gasteiger partial charge < -0.3 is 9.80 Å². The number of nitrogens with zero attached hydrogens (tertiary/aromatic N) is 3. The fourth-order valence-corrected chi connectivity index (χ4v) is 2.53. The van der Waals surface area contributed by atoms with E-state index in [9.17, 15) is 9.59 Å². The molecule has 0 aliphatic heterocycles. The minimum atomic E-state index is -0.0314. The predicted molar refractivity (Wildman–Crippen MR) is 94.4 cm³/mol. The van der Waals surface area contributed by atoms with Crippen LogP contribution in [0.4, 0.5) is 5.69 Å². The van der Waals surface area contributed by atoms with E-state index < -0.39 is 0 Å². The van der Waals surface area contributed by atoms with E-state index in [4.69, 9.17) is 0 Å². The van der Waals surface area contributed by atoms with Gasteiger partial charge in [0.1, 0.15) is 0 Å². The zero-order valence-electron chi connectivity index (χ0n) is 14.2. The maximum absolute atomic E-state index is 12.5. The molecule has 0 saturated heterocycles. The summed E-state index contributed by atoms with van der Waals surface area (Å²) >= 11 is 0. The molecule has 24 heavy (non-hydrogen) atoms. The second-order valence-electron chi connectivity index (χ2n) is 5.53. The molecule has 0 bridgehead atoms. The lowest BCUT2D eigenvalue weighted by molar-refractivity contribution is -0.130. The van der Waals surface area contributed by atoms with Crippen LogP contribution in [0.1, 0.15) is 25.8 Å². The summed E-state index contributed by atoms with van der Waals surface area (Å²) in [6, 6.07) is 13.5. The Hall–Kier alpha value is -2.69. The Kier molecular flexibility index (Phi) is 6.49. The molecule has 0 N–H and O–H groups in total. The minimum absolute atomic E-state index is 0.00943. The van der Waals surface area contributed by atoms with Gasteiger partial charge in [0.05, 0.1) is 11.9 Å². The lowest BCUT2D eigenvalue weighted by atomic mass is 10.2. The van der Waals surface area contributed by atoms with Crippen LogP contribution in [0, 0.1) is 0 Å². The maximum atomic E-state index is 12.5. The number of hydrogen-bond donors (Lipinski definition) is 0. The highest BCUT2D eigenvalue weighted by Crippen LogP contribution is 2.13. The first kappa shape index (κ1) is 17.7. The molecule has 0 unspecified atom stereocenters. The maximum Gasteiger partial charge on any atom is 0.228 e. The molecular weight excluding hydrogens is 302 g/mol. The van der Waals surface area contributed by atoms with Crippen LogP contribution < -0.4 is 4.90 Å². The van der Waals surface area contributed by atoms with E-state index in [2.05, 4.69) is 4.98 Å². The van der Waals surface area contributed by atoms with Gasteiger partial charge in [-0.25, -0.2) is 0 Å². The first-order chi connectivity index (χ1) is 11.6. The van der Waals surface area contributed by atoms with E-state index in [1.165, 1.54) is 6.92 Å². The van der Waals surface area contributed by atoms with Gasteiger partial charge in [-0.2, -0.15) is 0 Å². The molecule has 2 amide bonds. The van der Waals surface area contributed by atoms with Gasteiger partial charge in [0, 0.05) is 39.2 Å². The van der Waals surface area contributed by atoms with Crippen molar-refractivity contribution in [3.8, 4) is 0 Å². The number of anilines is 1. The smallest absolute Gasteiger partial charge is 0.228 e. The summed E-state index contributed by atoms with van der Waals surface area (Å²) in [7, 11) is 0. The van der Waals surface area contributed by atoms with Crippen molar-refractivity contribution in [1.82, 2.24) is 9.88 Å². The van der Waals surface area contributed by atoms with Gasteiger partial charge in [0.25, 0.3) is 0 Å². The SMILES string of the molecule is CCN(C(=O)CCN(Cc1ccccc1)C(C)=O)c1cccnc1. The van der Waals surface area contributed by atoms with Crippen LogP contribution in [-0.4, -0.2) is 34.8 Å². The van der Waals surface area contributed by atoms with E-state index in [-0.39, 0.29) is 18.2 Å². The number of rotatable bonds is 7. The highest BCUT2D eigenvalue weighted by atomic mass is 16.2. The van der Waals surface area contributed by atoms with Crippen molar-refractivity contribution in [3.05, 3.63) is 60.4 Å². The van der Waals surface area contributed by atoms with E-state index >= 15 is 0 Å². The molecule has 0 fully saturated rings. The van der Waals surface area contributed by atoms with Gasteiger partial charge in [-0.05, 0) is 24.6 Å². The fraction of sp³-hybridized carbons (Fsp3) is 0.316. The Bertz CT molecular complexity index is 659. The molecule has 2 rings (SSSR count). The third-order valence-corrected chi connectivity index (χ3v) is 3.83. The number of amides is 2. The molecule has 0 aliphatic carbocycles. The first-order valence-corrected chi connectivity index (χ1v) is 8.11. The van der Waals surface area contributed by atoms with Crippen LogP contribution in [0.25, 0.3) is 0 Å². The van der Waals surface area contributed by atoms with Gasteiger partial charge in [-0.3, -0.25) is 14.6 Å². The Morgan fingerprint density at radius 2 is 1.83 bits per heavy atom. The summed E-state index contributed by atoms with van der Waals surface area (Å²) in [5.41, 5.74) is 1.84. The zero-order valence-corrected chi connectivity index (χ0v) is 14.2. The monoisotopic (exact) mass is 325 g/mol. The van der Waals surface area contributed by atoms with Gasteiger partial charge in [0.2, 0.25) is 11.8 Å². The van der Waals surface area contributed by atoms with Crippen LogP contribution >= 0.6 is 0 Å². The van der Waals surface area contributed by atoms with Gasteiger partial charge in [0.15, 0.2) is 0 Å². The highest BCUT2D eigenvalue weighted by Gasteiger charge is 2.17. The molecule has 5 heteroatoms. The molecular formula is C19H23N3O2. The van der Waals surface area contributed by atoms with Crippen molar-refractivity contribution >= 4 is 17.5 Å². The average Bonchev–Trinajstić information content (AvgIpc) is 2.61. The molecule has 0 radical (unpaired) electrons. The zero-order chi connectivity index (χ0) is 17.4. The number of hydrogen-bond acceptors (Lipinski definition) is 3. The number of carbonyl (C=O) groups is 2. The first-order valence-electron chi connectivity index (χ1n) is 8.11. The Balaban J connectivity index is 1.98. The third kappa shape index (κ3) is 4.91. The normalized spacial score (nSPS) is 10.2. The quantitative estimate of drug-likeness (QED) is 0.786. The number of benzene rings is 1. The predicted octanol–water partition coefficient (Wildman–Crippen LogP) is 2.87. The van der Waals surface area contributed by atoms with Crippen molar-refractivity contribution in [2.75, 3.05) is 18.0 Å². The lowest BCUT2D eigenvalue weighted by Crippen LogP contribution is -2.36. The average molecular weight is 325 g/mol. The van der Waals surface area contributed by atoms with Crippen LogP contribution in [-0.2, 0) is 16.1 Å². The second kappa shape index (κ2) is 8.82. The largest absolute Gasteiger partial charge is 0.338 e. The van der Waals surface area contributed by atoms with Crippen LogP contribution in [0.2, 0.25) is 0 Å². The van der Waals surface area contributed by atoms with Gasteiger partial charge in [-0.1, -0.05) is 30.3 Å². The van der Waals surface area contributed by atoms with E-state index in [0.717, 1.165) is 11.3 Å². The van der Waals surface area contributed by atoms with Gasteiger partial charge in [-0.15, -0.1) is 0 Å². The molecule has 0 spiro atoms. The van der Waals surface area contributed by atoms with Gasteiger partial charge >= 0.3 is 0 Å². The Morgan fingerprint density at radius 1 is 1.08 bits per heavy atom. The number of aromatic nitrogens is 1. The molecule has 2 aromatic rings. The summed E-state index contributed by atoms with van der Waals surface area (Å²) in [6.45, 7) is 4.95. The van der Waals surface area contributed by atoms with Crippen molar-refractivity contribution in [1.29, 1.82) is 0 Å². The summed E-state index contributed by atoms with van der Waals surface area (Å²) < 4.78 is 0. The molecule has 126 valence electrons. The standard InChI is InChI=1S/C19H23N3O2/c1-3-22(18-10-7-12-20-14-18)19(24)11-13-21(16(2)23)15-17-8-5-4-6-9-17/h4-10,12,14H,3,11,13,15H2,1-2H3. The molecule has 1 aromatic carbocycles. The Labute approximate surface area is 142 Å². The van der Waals surface area contributed by atoms with Crippen LogP contribution in [0.15, 0.2) is 54.9 Å². The summed E-state index contributed by atoms with van der Waals surface area (Å²) in [6.07, 6.45) is 3.64. The Morgan fingerprint density at radius 3 is 2.42 bits per heavy atom. The van der Waals surface area contributed by atoms with Crippen molar-refractivity contribution in [3.63, 3.8) is 0 Å². The van der Waals surface area contributed by atoms with Crippen molar-refractivity contribution in [2.24, 2.45) is 0 Å². The van der Waals surface area contributed by atoms with Crippen LogP contribution in [0.5, 0.6) is 0 Å². The summed E-state index contributed by atoms with van der Waals surface area (Å²) in [5.74, 6) is -0.0408. The molecule has 0 saturated carbocycles. The molecule has 0 aliphatic rings. The second-order valence-corrected chi connectivity index (χ2v) is 5.53. The minimum Gasteiger partial charge on any atom is -0.338 e. The van der Waals surface area contributed by atoms with Crippen molar-refractivity contribution in [2.45, 2.75) is 26.8 Å². The number of carbonyl (C=O) groups excluding carboxylic acids is 2. The summed E-state index contributed by atoms with van der Waals surface area (Å²) in [4.78, 5) is 31.8. The van der Waals surface area contributed by atoms with Crippen molar-refractivity contribution < 1.29 is 9.59 Å². The molecule has 0 atom stereocenters. The highest BCUT2D eigenvalue weighted by molar-refractivity contribution is 5.93. The molecule has 1 heterocycles. The molecule has 1 aromatic heterocycles. The summed E-state index contributed by atoms with van der Waals surface area (Å²) in [5, 5.41) is 0.